The first-order chi connectivity index (χ1) is 5.49. The van der Waals surface area contributed by atoms with Crippen LogP contribution in [0.1, 0.15) is 6.42 Å². The minimum Gasteiger partial charge on any atom is -0.394 e. The van der Waals surface area contributed by atoms with Crippen LogP contribution in [0.5, 0.6) is 0 Å². The molecule has 0 aliphatic carbocycles. The van der Waals surface area contributed by atoms with Crippen LogP contribution in [-0.4, -0.2) is 59.0 Å². The Kier molecular flexibility index (Phi) is 4.80. The van der Waals surface area contributed by atoms with Gasteiger partial charge in [-0.3, -0.25) is 4.79 Å². The molecule has 2 unspecified atom stereocenters. The van der Waals surface area contributed by atoms with E-state index in [4.69, 9.17) is 15.3 Å². The molecule has 12 heavy (non-hydrogen) atoms. The summed E-state index contributed by atoms with van der Waals surface area (Å²) in [6.07, 6.45) is -2.60. The molecule has 5 nitrogen and oxygen atoms in total. The Hall–Kier alpha value is -0.650. The zero-order valence-corrected chi connectivity index (χ0v) is 7.27. The van der Waals surface area contributed by atoms with Crippen molar-refractivity contribution in [2.75, 3.05) is 20.7 Å². The van der Waals surface area contributed by atoms with Gasteiger partial charge in [0.05, 0.1) is 19.1 Å². The number of carbonyl (C=O) groups excluding carboxylic acids is 1. The highest BCUT2D eigenvalue weighted by Gasteiger charge is 2.19. The highest BCUT2D eigenvalue weighted by atomic mass is 16.4. The molecule has 0 aromatic rings. The van der Waals surface area contributed by atoms with E-state index in [0.29, 0.717) is 0 Å². The molecule has 0 spiro atoms. The molecule has 0 aliphatic heterocycles. The van der Waals surface area contributed by atoms with E-state index in [-0.39, 0.29) is 12.3 Å². The maximum Gasteiger partial charge on any atom is 0.224 e. The van der Waals surface area contributed by atoms with Crippen molar-refractivity contribution in [3.8, 4) is 0 Å². The third-order valence-electron chi connectivity index (χ3n) is 1.51. The Labute approximate surface area is 71.2 Å². The molecule has 0 radical (unpaired) electrons. The van der Waals surface area contributed by atoms with Crippen molar-refractivity contribution in [2.45, 2.75) is 18.6 Å². The molecule has 72 valence electrons. The van der Waals surface area contributed by atoms with Gasteiger partial charge in [0.25, 0.3) is 0 Å². The van der Waals surface area contributed by atoms with Crippen molar-refractivity contribution < 1.29 is 20.1 Å². The molecular formula is C7H15NO4. The highest BCUT2D eigenvalue weighted by Crippen LogP contribution is 2.00. The molecular weight excluding hydrogens is 162 g/mol. The third-order valence-corrected chi connectivity index (χ3v) is 1.51. The molecule has 1 amide bonds. The minimum atomic E-state index is -1.24. The van der Waals surface area contributed by atoms with Crippen molar-refractivity contribution in [2.24, 2.45) is 0 Å². The largest absolute Gasteiger partial charge is 0.394 e. The van der Waals surface area contributed by atoms with Crippen LogP contribution in [0, 0.1) is 0 Å². The molecule has 3 N–H and O–H groups in total. The molecule has 0 rings (SSSR count). The maximum atomic E-state index is 10.9. The third kappa shape index (κ3) is 3.66. The van der Waals surface area contributed by atoms with Gasteiger partial charge in [0.15, 0.2) is 0 Å². The molecule has 2 atom stereocenters. The van der Waals surface area contributed by atoms with Crippen LogP contribution in [0.4, 0.5) is 0 Å². The number of rotatable bonds is 4. The fourth-order valence-electron chi connectivity index (χ4n) is 0.619. The number of amides is 1. The lowest BCUT2D eigenvalue weighted by Crippen LogP contribution is -2.35. The molecule has 0 fully saturated rings. The second kappa shape index (κ2) is 5.08. The minimum absolute atomic E-state index is 0.172. The number of hydrogen-bond acceptors (Lipinski definition) is 4. The van der Waals surface area contributed by atoms with Crippen LogP contribution in [-0.2, 0) is 4.79 Å². The Morgan fingerprint density at radius 3 is 2.17 bits per heavy atom. The highest BCUT2D eigenvalue weighted by molar-refractivity contribution is 5.76. The summed E-state index contributed by atoms with van der Waals surface area (Å²) in [6, 6.07) is 0. The van der Waals surface area contributed by atoms with Gasteiger partial charge in [0.2, 0.25) is 5.91 Å². The summed E-state index contributed by atoms with van der Waals surface area (Å²) in [5.74, 6) is -0.282. The standard InChI is InChI=1S/C7H15NO4/c1-8(2)7(12)3-5(10)6(11)4-9/h5-6,9-11H,3-4H2,1-2H3. The first kappa shape index (κ1) is 11.4. The van der Waals surface area contributed by atoms with E-state index in [0.717, 1.165) is 0 Å². The van der Waals surface area contributed by atoms with Gasteiger partial charge in [-0.15, -0.1) is 0 Å². The summed E-state index contributed by atoms with van der Waals surface area (Å²) in [6.45, 7) is -0.540. The lowest BCUT2D eigenvalue weighted by atomic mass is 10.1. The zero-order valence-electron chi connectivity index (χ0n) is 7.27. The van der Waals surface area contributed by atoms with E-state index in [9.17, 15) is 4.79 Å². The molecule has 0 saturated heterocycles. The molecule has 5 heteroatoms. The van der Waals surface area contributed by atoms with Gasteiger partial charge in [-0.25, -0.2) is 0 Å². The van der Waals surface area contributed by atoms with Gasteiger partial charge in [-0.2, -0.15) is 0 Å². The lowest BCUT2D eigenvalue weighted by Gasteiger charge is -2.17. The molecule has 0 saturated carbocycles. The normalized spacial score (nSPS) is 15.4. The SMILES string of the molecule is CN(C)C(=O)CC(O)C(O)CO. The fraction of sp³-hybridized carbons (Fsp3) is 0.857. The molecule has 0 bridgehead atoms. The first-order valence-electron chi connectivity index (χ1n) is 3.66. The van der Waals surface area contributed by atoms with Crippen molar-refractivity contribution >= 4 is 5.91 Å². The van der Waals surface area contributed by atoms with Crippen LogP contribution < -0.4 is 0 Å². The summed E-state index contributed by atoms with van der Waals surface area (Å²) in [5, 5.41) is 26.4. The lowest BCUT2D eigenvalue weighted by molar-refractivity contribution is -0.133. The van der Waals surface area contributed by atoms with Crippen LogP contribution in [0.15, 0.2) is 0 Å². The van der Waals surface area contributed by atoms with Crippen LogP contribution in [0.3, 0.4) is 0 Å². The number of carbonyl (C=O) groups is 1. The zero-order chi connectivity index (χ0) is 9.72. The Morgan fingerprint density at radius 1 is 1.33 bits per heavy atom. The monoisotopic (exact) mass is 177 g/mol. The van der Waals surface area contributed by atoms with Gasteiger partial charge in [-0.05, 0) is 0 Å². The average Bonchev–Trinajstić information content (AvgIpc) is 2.02. The molecule has 0 aliphatic rings. The fourth-order valence-corrected chi connectivity index (χ4v) is 0.619. The number of aliphatic hydroxyl groups excluding tert-OH is 3. The van der Waals surface area contributed by atoms with Gasteiger partial charge >= 0.3 is 0 Å². The molecule has 0 aromatic carbocycles. The Bertz CT molecular complexity index is 148. The van der Waals surface area contributed by atoms with Crippen LogP contribution in [0.2, 0.25) is 0 Å². The molecule has 0 heterocycles. The van der Waals surface area contributed by atoms with Gasteiger partial charge < -0.3 is 20.2 Å². The van der Waals surface area contributed by atoms with Crippen molar-refractivity contribution in [1.82, 2.24) is 4.90 Å². The Balaban J connectivity index is 3.83. The van der Waals surface area contributed by atoms with Gasteiger partial charge in [-0.1, -0.05) is 0 Å². The number of aliphatic hydroxyl groups is 3. The number of hydrogen-bond donors (Lipinski definition) is 3. The second-order valence-corrected chi connectivity index (χ2v) is 2.81. The number of nitrogens with zero attached hydrogens (tertiary/aromatic N) is 1. The first-order valence-corrected chi connectivity index (χ1v) is 3.66. The summed E-state index contributed by atoms with van der Waals surface area (Å²) in [7, 11) is 3.11. The van der Waals surface area contributed by atoms with Crippen LogP contribution in [0.25, 0.3) is 0 Å². The summed E-state index contributed by atoms with van der Waals surface area (Å²) >= 11 is 0. The van der Waals surface area contributed by atoms with Gasteiger partial charge in [0, 0.05) is 14.1 Å². The maximum absolute atomic E-state index is 10.9. The van der Waals surface area contributed by atoms with E-state index >= 15 is 0 Å². The topological polar surface area (TPSA) is 81.0 Å². The van der Waals surface area contributed by atoms with Gasteiger partial charge in [0.1, 0.15) is 6.10 Å². The average molecular weight is 177 g/mol. The second-order valence-electron chi connectivity index (χ2n) is 2.81. The summed E-state index contributed by atoms with van der Waals surface area (Å²) in [5.41, 5.74) is 0. The smallest absolute Gasteiger partial charge is 0.224 e. The van der Waals surface area contributed by atoms with E-state index < -0.39 is 18.8 Å². The summed E-state index contributed by atoms with van der Waals surface area (Å²) < 4.78 is 0. The summed E-state index contributed by atoms with van der Waals surface area (Å²) in [4.78, 5) is 12.3. The Morgan fingerprint density at radius 2 is 1.83 bits per heavy atom. The quantitative estimate of drug-likeness (QED) is 0.472. The van der Waals surface area contributed by atoms with Crippen molar-refractivity contribution in [3.63, 3.8) is 0 Å². The predicted octanol–water partition coefficient (Wildman–Crippen LogP) is -1.82. The predicted molar refractivity (Wildman–Crippen MR) is 42.4 cm³/mol. The molecule has 0 aromatic heterocycles. The van der Waals surface area contributed by atoms with E-state index in [1.807, 2.05) is 0 Å². The van der Waals surface area contributed by atoms with Crippen LogP contribution >= 0.6 is 0 Å². The van der Waals surface area contributed by atoms with Crippen molar-refractivity contribution in [3.05, 3.63) is 0 Å². The van der Waals surface area contributed by atoms with E-state index in [1.54, 1.807) is 14.1 Å². The van der Waals surface area contributed by atoms with E-state index in [1.165, 1.54) is 4.90 Å². The van der Waals surface area contributed by atoms with E-state index in [2.05, 4.69) is 0 Å². The van der Waals surface area contributed by atoms with Crippen molar-refractivity contribution in [1.29, 1.82) is 0 Å².